The van der Waals surface area contributed by atoms with Gasteiger partial charge in [0.25, 0.3) is 0 Å². The number of aromatic nitrogens is 1. The first kappa shape index (κ1) is 14.3. The number of sulfone groups is 1. The van der Waals surface area contributed by atoms with Crippen molar-refractivity contribution in [3.63, 3.8) is 0 Å². The molecule has 0 saturated carbocycles. The van der Waals surface area contributed by atoms with E-state index in [4.69, 9.17) is 4.74 Å². The Morgan fingerprint density at radius 1 is 1.47 bits per heavy atom. The molecule has 1 aliphatic rings. The first-order valence-corrected chi connectivity index (χ1v) is 8.44. The summed E-state index contributed by atoms with van der Waals surface area (Å²) in [5, 5.41) is 3.27. The summed E-state index contributed by atoms with van der Waals surface area (Å²) in [4.78, 5) is 4.29. The Labute approximate surface area is 114 Å². The van der Waals surface area contributed by atoms with Gasteiger partial charge in [-0.05, 0) is 31.5 Å². The van der Waals surface area contributed by atoms with Crippen LogP contribution in [0.15, 0.2) is 18.3 Å². The van der Waals surface area contributed by atoms with Crippen molar-refractivity contribution in [2.24, 2.45) is 0 Å². The van der Waals surface area contributed by atoms with Gasteiger partial charge in [0, 0.05) is 6.54 Å². The van der Waals surface area contributed by atoms with Crippen LogP contribution in [-0.2, 0) is 16.4 Å². The van der Waals surface area contributed by atoms with Crippen molar-refractivity contribution >= 4 is 9.84 Å². The number of hydrogen-bond donors (Lipinski definition) is 1. The molecule has 0 amide bonds. The third-order valence-electron chi connectivity index (χ3n) is 3.02. The highest BCUT2D eigenvalue weighted by Crippen LogP contribution is 2.19. The number of pyridine rings is 1. The van der Waals surface area contributed by atoms with Crippen molar-refractivity contribution in [3.8, 4) is 5.75 Å². The van der Waals surface area contributed by atoms with Crippen LogP contribution in [0.3, 0.4) is 0 Å². The van der Waals surface area contributed by atoms with Crippen molar-refractivity contribution in [2.75, 3.05) is 18.1 Å². The maximum atomic E-state index is 11.3. The SMILES string of the molecule is CCCNCc1ccc(OC2CCS(=O)(=O)C2)cn1. The third-order valence-corrected chi connectivity index (χ3v) is 4.76. The molecule has 106 valence electrons. The molecule has 1 aromatic rings. The van der Waals surface area contributed by atoms with E-state index in [-0.39, 0.29) is 17.6 Å². The second kappa shape index (κ2) is 6.34. The summed E-state index contributed by atoms with van der Waals surface area (Å²) >= 11 is 0. The molecular weight excluding hydrogens is 264 g/mol. The lowest BCUT2D eigenvalue weighted by molar-refractivity contribution is 0.228. The van der Waals surface area contributed by atoms with Crippen LogP contribution in [0, 0.1) is 0 Å². The molecule has 1 aromatic heterocycles. The molecule has 0 aromatic carbocycles. The quantitative estimate of drug-likeness (QED) is 0.794. The zero-order valence-corrected chi connectivity index (χ0v) is 11.9. The van der Waals surface area contributed by atoms with Gasteiger partial charge in [0.1, 0.15) is 11.9 Å². The highest BCUT2D eigenvalue weighted by Gasteiger charge is 2.29. The van der Waals surface area contributed by atoms with Gasteiger partial charge in [0.05, 0.1) is 23.4 Å². The average molecular weight is 284 g/mol. The van der Waals surface area contributed by atoms with Crippen LogP contribution in [0.5, 0.6) is 5.75 Å². The van der Waals surface area contributed by atoms with Gasteiger partial charge in [-0.2, -0.15) is 0 Å². The molecule has 1 unspecified atom stereocenters. The highest BCUT2D eigenvalue weighted by atomic mass is 32.2. The van der Waals surface area contributed by atoms with Gasteiger partial charge in [0.15, 0.2) is 9.84 Å². The molecule has 0 spiro atoms. The van der Waals surface area contributed by atoms with Gasteiger partial charge in [-0.3, -0.25) is 4.98 Å². The molecule has 1 fully saturated rings. The summed E-state index contributed by atoms with van der Waals surface area (Å²) < 4.78 is 28.3. The molecule has 1 aliphatic heterocycles. The first-order valence-electron chi connectivity index (χ1n) is 6.62. The van der Waals surface area contributed by atoms with Crippen molar-refractivity contribution < 1.29 is 13.2 Å². The fourth-order valence-corrected chi connectivity index (χ4v) is 3.61. The number of nitrogens with one attached hydrogen (secondary N) is 1. The van der Waals surface area contributed by atoms with Gasteiger partial charge in [0.2, 0.25) is 0 Å². The number of nitrogens with zero attached hydrogens (tertiary/aromatic N) is 1. The minimum Gasteiger partial charge on any atom is -0.488 e. The van der Waals surface area contributed by atoms with E-state index in [1.54, 1.807) is 6.20 Å². The van der Waals surface area contributed by atoms with Crippen LogP contribution in [0.25, 0.3) is 0 Å². The molecule has 1 atom stereocenters. The van der Waals surface area contributed by atoms with Crippen molar-refractivity contribution in [1.29, 1.82) is 0 Å². The summed E-state index contributed by atoms with van der Waals surface area (Å²) in [6, 6.07) is 3.75. The van der Waals surface area contributed by atoms with Crippen LogP contribution in [0.2, 0.25) is 0 Å². The normalized spacial score (nSPS) is 21.4. The molecule has 5 nitrogen and oxygen atoms in total. The summed E-state index contributed by atoms with van der Waals surface area (Å²) in [5.41, 5.74) is 0.958. The van der Waals surface area contributed by atoms with E-state index in [2.05, 4.69) is 17.2 Å². The van der Waals surface area contributed by atoms with Gasteiger partial charge >= 0.3 is 0 Å². The second-order valence-corrected chi connectivity index (χ2v) is 7.03. The minimum atomic E-state index is -2.89. The van der Waals surface area contributed by atoms with E-state index in [0.717, 1.165) is 25.2 Å². The van der Waals surface area contributed by atoms with Crippen molar-refractivity contribution in [1.82, 2.24) is 10.3 Å². The van der Waals surface area contributed by atoms with E-state index >= 15 is 0 Å². The Hall–Kier alpha value is -1.14. The lowest BCUT2D eigenvalue weighted by atomic mass is 10.3. The Morgan fingerprint density at radius 3 is 2.89 bits per heavy atom. The first-order chi connectivity index (χ1) is 9.09. The lowest BCUT2D eigenvalue weighted by Crippen LogP contribution is -2.18. The van der Waals surface area contributed by atoms with E-state index in [1.807, 2.05) is 12.1 Å². The molecule has 0 bridgehead atoms. The van der Waals surface area contributed by atoms with E-state index in [0.29, 0.717) is 12.2 Å². The Bertz CT molecular complexity index is 499. The van der Waals surface area contributed by atoms with Crippen LogP contribution >= 0.6 is 0 Å². The minimum absolute atomic E-state index is 0.118. The smallest absolute Gasteiger partial charge is 0.154 e. The van der Waals surface area contributed by atoms with Crippen molar-refractivity contribution in [3.05, 3.63) is 24.0 Å². The predicted octanol–water partition coefficient (Wildman–Crippen LogP) is 1.15. The number of hydrogen-bond acceptors (Lipinski definition) is 5. The molecule has 2 rings (SSSR count). The van der Waals surface area contributed by atoms with Crippen LogP contribution in [0.4, 0.5) is 0 Å². The Kier molecular flexibility index (Phi) is 4.76. The fraction of sp³-hybridized carbons (Fsp3) is 0.615. The summed E-state index contributed by atoms with van der Waals surface area (Å²) in [6.07, 6.45) is 3.10. The van der Waals surface area contributed by atoms with Gasteiger partial charge in [-0.25, -0.2) is 8.42 Å². The van der Waals surface area contributed by atoms with E-state index in [9.17, 15) is 8.42 Å². The van der Waals surface area contributed by atoms with E-state index in [1.165, 1.54) is 0 Å². The molecule has 0 radical (unpaired) electrons. The zero-order chi connectivity index (χ0) is 13.7. The van der Waals surface area contributed by atoms with Gasteiger partial charge < -0.3 is 10.1 Å². The predicted molar refractivity (Wildman–Crippen MR) is 73.9 cm³/mol. The molecule has 1 saturated heterocycles. The molecule has 19 heavy (non-hydrogen) atoms. The largest absolute Gasteiger partial charge is 0.488 e. The standard InChI is InChI=1S/C13H20N2O3S/c1-2-6-14-8-11-3-4-12(9-15-11)18-13-5-7-19(16,17)10-13/h3-4,9,13-14H,2,5-8,10H2,1H3. The van der Waals surface area contributed by atoms with Gasteiger partial charge in [-0.1, -0.05) is 6.92 Å². The van der Waals surface area contributed by atoms with Crippen molar-refractivity contribution in [2.45, 2.75) is 32.4 Å². The molecule has 6 heteroatoms. The Morgan fingerprint density at radius 2 is 2.32 bits per heavy atom. The van der Waals surface area contributed by atoms with Crippen LogP contribution in [-0.4, -0.2) is 37.6 Å². The fourth-order valence-electron chi connectivity index (χ4n) is 2.02. The van der Waals surface area contributed by atoms with E-state index < -0.39 is 9.84 Å². The van der Waals surface area contributed by atoms with Crippen LogP contribution < -0.4 is 10.1 Å². The number of rotatable bonds is 6. The monoisotopic (exact) mass is 284 g/mol. The van der Waals surface area contributed by atoms with Gasteiger partial charge in [-0.15, -0.1) is 0 Å². The molecule has 1 N–H and O–H groups in total. The Balaban J connectivity index is 1.85. The molecule has 2 heterocycles. The summed E-state index contributed by atoms with van der Waals surface area (Å²) in [6.45, 7) is 3.83. The number of ether oxygens (including phenoxy) is 1. The summed E-state index contributed by atoms with van der Waals surface area (Å²) in [7, 11) is -2.89. The molecular formula is C13H20N2O3S. The third kappa shape index (κ3) is 4.47. The molecule has 0 aliphatic carbocycles. The maximum absolute atomic E-state index is 11.3. The summed E-state index contributed by atoms with van der Waals surface area (Å²) in [5.74, 6) is 0.984. The second-order valence-electron chi connectivity index (χ2n) is 4.80. The highest BCUT2D eigenvalue weighted by molar-refractivity contribution is 7.91. The topological polar surface area (TPSA) is 68.3 Å². The maximum Gasteiger partial charge on any atom is 0.154 e. The lowest BCUT2D eigenvalue weighted by Gasteiger charge is -2.11. The zero-order valence-electron chi connectivity index (χ0n) is 11.1. The average Bonchev–Trinajstić information content (AvgIpc) is 2.71. The van der Waals surface area contributed by atoms with Crippen LogP contribution in [0.1, 0.15) is 25.5 Å².